The topological polar surface area (TPSA) is 68.0 Å². The SMILES string of the molecule is Cc1nnc(NC(=O)c2ccc(-c3ccc(Cl)cc3Cl)o2)s1. The highest BCUT2D eigenvalue weighted by molar-refractivity contribution is 7.15. The van der Waals surface area contributed by atoms with Crippen LogP contribution in [-0.4, -0.2) is 16.1 Å². The fourth-order valence-corrected chi connectivity index (χ4v) is 2.89. The Bertz CT molecular complexity index is 844. The molecule has 1 amide bonds. The molecule has 0 fully saturated rings. The van der Waals surface area contributed by atoms with Gasteiger partial charge in [-0.2, -0.15) is 0 Å². The van der Waals surface area contributed by atoms with Crippen LogP contribution in [0.3, 0.4) is 0 Å². The van der Waals surface area contributed by atoms with Crippen LogP contribution >= 0.6 is 34.5 Å². The van der Waals surface area contributed by atoms with Crippen molar-refractivity contribution in [1.29, 1.82) is 0 Å². The summed E-state index contributed by atoms with van der Waals surface area (Å²) in [6, 6.07) is 8.30. The molecule has 0 aliphatic heterocycles. The van der Waals surface area contributed by atoms with Gasteiger partial charge in [-0.3, -0.25) is 10.1 Å². The van der Waals surface area contributed by atoms with Gasteiger partial charge in [0, 0.05) is 10.6 Å². The number of furan rings is 1. The second-order valence-corrected chi connectivity index (χ2v) is 6.39. The van der Waals surface area contributed by atoms with Crippen molar-refractivity contribution < 1.29 is 9.21 Å². The Balaban J connectivity index is 1.82. The molecular formula is C14H9Cl2N3O2S. The van der Waals surface area contributed by atoms with Gasteiger partial charge < -0.3 is 4.42 Å². The first-order valence-corrected chi connectivity index (χ1v) is 7.77. The van der Waals surface area contributed by atoms with Gasteiger partial charge in [-0.1, -0.05) is 34.5 Å². The van der Waals surface area contributed by atoms with Gasteiger partial charge in [0.25, 0.3) is 5.91 Å². The van der Waals surface area contributed by atoms with E-state index in [0.29, 0.717) is 26.5 Å². The maximum Gasteiger partial charge on any atom is 0.293 e. The van der Waals surface area contributed by atoms with Crippen LogP contribution in [0.5, 0.6) is 0 Å². The Labute approximate surface area is 139 Å². The fraction of sp³-hybridized carbons (Fsp3) is 0.0714. The van der Waals surface area contributed by atoms with Gasteiger partial charge in [0.2, 0.25) is 5.13 Å². The van der Waals surface area contributed by atoms with Crippen molar-refractivity contribution in [3.63, 3.8) is 0 Å². The van der Waals surface area contributed by atoms with Gasteiger partial charge in [-0.25, -0.2) is 0 Å². The average molecular weight is 354 g/mol. The van der Waals surface area contributed by atoms with Crippen molar-refractivity contribution in [2.24, 2.45) is 0 Å². The highest BCUT2D eigenvalue weighted by atomic mass is 35.5. The Morgan fingerprint density at radius 1 is 1.23 bits per heavy atom. The number of aromatic nitrogens is 2. The Hall–Kier alpha value is -1.89. The number of carbonyl (C=O) groups excluding carboxylic acids is 1. The van der Waals surface area contributed by atoms with Crippen molar-refractivity contribution in [2.45, 2.75) is 6.92 Å². The molecule has 0 saturated heterocycles. The molecule has 2 heterocycles. The Morgan fingerprint density at radius 3 is 2.73 bits per heavy atom. The maximum absolute atomic E-state index is 12.1. The molecular weight excluding hydrogens is 345 g/mol. The van der Waals surface area contributed by atoms with Crippen molar-refractivity contribution in [1.82, 2.24) is 10.2 Å². The number of nitrogens with one attached hydrogen (secondary N) is 1. The van der Waals surface area contributed by atoms with E-state index in [9.17, 15) is 4.79 Å². The summed E-state index contributed by atoms with van der Waals surface area (Å²) >= 11 is 13.3. The van der Waals surface area contributed by atoms with E-state index in [-0.39, 0.29) is 5.76 Å². The minimum Gasteiger partial charge on any atom is -0.451 e. The van der Waals surface area contributed by atoms with Crippen LogP contribution in [0.4, 0.5) is 5.13 Å². The molecule has 1 aromatic carbocycles. The second-order valence-electron chi connectivity index (χ2n) is 4.37. The van der Waals surface area contributed by atoms with Crippen LogP contribution in [0, 0.1) is 6.92 Å². The molecule has 0 atom stereocenters. The van der Waals surface area contributed by atoms with Gasteiger partial charge in [0.15, 0.2) is 5.76 Å². The van der Waals surface area contributed by atoms with E-state index >= 15 is 0 Å². The van der Waals surface area contributed by atoms with Gasteiger partial charge in [0.05, 0.1) is 5.02 Å². The van der Waals surface area contributed by atoms with E-state index in [1.807, 2.05) is 0 Å². The van der Waals surface area contributed by atoms with Crippen molar-refractivity contribution in [3.8, 4) is 11.3 Å². The third-order valence-electron chi connectivity index (χ3n) is 2.77. The van der Waals surface area contributed by atoms with Crippen LogP contribution in [0.1, 0.15) is 15.6 Å². The van der Waals surface area contributed by atoms with Crippen LogP contribution in [-0.2, 0) is 0 Å². The zero-order valence-corrected chi connectivity index (χ0v) is 13.6. The Kier molecular flexibility index (Phi) is 4.15. The molecule has 3 aromatic rings. The largest absolute Gasteiger partial charge is 0.451 e. The minimum atomic E-state index is -0.396. The number of amides is 1. The molecule has 0 spiro atoms. The zero-order valence-electron chi connectivity index (χ0n) is 11.3. The number of benzene rings is 1. The van der Waals surface area contributed by atoms with Gasteiger partial charge >= 0.3 is 0 Å². The predicted octanol–water partition coefficient (Wildman–Crippen LogP) is 4.67. The molecule has 8 heteroatoms. The standard InChI is InChI=1S/C14H9Cl2N3O2S/c1-7-18-19-14(22-7)17-13(20)12-5-4-11(21-12)9-3-2-8(15)6-10(9)16/h2-6H,1H3,(H,17,19,20). The lowest BCUT2D eigenvalue weighted by Crippen LogP contribution is -2.10. The smallest absolute Gasteiger partial charge is 0.293 e. The van der Waals surface area contributed by atoms with Crippen LogP contribution in [0.2, 0.25) is 10.0 Å². The monoisotopic (exact) mass is 353 g/mol. The molecule has 0 aliphatic rings. The first-order valence-electron chi connectivity index (χ1n) is 6.19. The third-order valence-corrected chi connectivity index (χ3v) is 4.07. The van der Waals surface area contributed by atoms with Crippen LogP contribution in [0.25, 0.3) is 11.3 Å². The van der Waals surface area contributed by atoms with Crippen molar-refractivity contribution in [2.75, 3.05) is 5.32 Å². The first-order chi connectivity index (χ1) is 10.5. The molecule has 2 aromatic heterocycles. The van der Waals surface area contributed by atoms with Crippen molar-refractivity contribution >= 4 is 45.6 Å². The predicted molar refractivity (Wildman–Crippen MR) is 86.8 cm³/mol. The lowest BCUT2D eigenvalue weighted by atomic mass is 10.2. The minimum absolute atomic E-state index is 0.161. The van der Waals surface area contributed by atoms with E-state index in [1.165, 1.54) is 11.3 Å². The van der Waals surface area contributed by atoms with Gasteiger partial charge in [-0.15, -0.1) is 10.2 Å². The molecule has 112 valence electrons. The normalized spacial score (nSPS) is 10.7. The number of halogens is 2. The van der Waals surface area contributed by atoms with E-state index in [0.717, 1.165) is 5.01 Å². The first kappa shape index (κ1) is 15.0. The third kappa shape index (κ3) is 3.14. The quantitative estimate of drug-likeness (QED) is 0.742. The molecule has 0 radical (unpaired) electrons. The summed E-state index contributed by atoms with van der Waals surface area (Å²) in [7, 11) is 0. The summed E-state index contributed by atoms with van der Waals surface area (Å²) in [6.45, 7) is 1.81. The number of nitrogens with zero attached hydrogens (tertiary/aromatic N) is 2. The number of rotatable bonds is 3. The summed E-state index contributed by atoms with van der Waals surface area (Å²) < 4.78 is 5.55. The van der Waals surface area contributed by atoms with E-state index in [1.54, 1.807) is 37.3 Å². The lowest BCUT2D eigenvalue weighted by Gasteiger charge is -2.01. The number of carbonyl (C=O) groups is 1. The number of hydrogen-bond acceptors (Lipinski definition) is 5. The second kappa shape index (κ2) is 6.08. The summed E-state index contributed by atoms with van der Waals surface area (Å²) in [5.41, 5.74) is 0.664. The lowest BCUT2D eigenvalue weighted by molar-refractivity contribution is 0.0997. The highest BCUT2D eigenvalue weighted by Crippen LogP contribution is 2.31. The highest BCUT2D eigenvalue weighted by Gasteiger charge is 2.15. The van der Waals surface area contributed by atoms with Crippen LogP contribution < -0.4 is 5.32 Å². The molecule has 0 unspecified atom stereocenters. The summed E-state index contributed by atoms with van der Waals surface area (Å²) in [6.07, 6.45) is 0. The summed E-state index contributed by atoms with van der Waals surface area (Å²) in [5, 5.41) is 12.5. The summed E-state index contributed by atoms with van der Waals surface area (Å²) in [5.74, 6) is 0.251. The van der Waals surface area contributed by atoms with Gasteiger partial charge in [0.1, 0.15) is 10.8 Å². The maximum atomic E-state index is 12.1. The van der Waals surface area contributed by atoms with E-state index < -0.39 is 5.91 Å². The Morgan fingerprint density at radius 2 is 2.05 bits per heavy atom. The molecule has 0 saturated carbocycles. The van der Waals surface area contributed by atoms with E-state index in [2.05, 4.69) is 15.5 Å². The fourth-order valence-electron chi connectivity index (χ4n) is 1.80. The molecule has 0 aliphatic carbocycles. The van der Waals surface area contributed by atoms with Gasteiger partial charge in [-0.05, 0) is 37.3 Å². The number of aryl methyl sites for hydroxylation is 1. The number of hydrogen-bond donors (Lipinski definition) is 1. The molecule has 1 N–H and O–H groups in total. The molecule has 3 rings (SSSR count). The van der Waals surface area contributed by atoms with E-state index in [4.69, 9.17) is 27.6 Å². The summed E-state index contributed by atoms with van der Waals surface area (Å²) in [4.78, 5) is 12.1. The molecule has 0 bridgehead atoms. The molecule has 22 heavy (non-hydrogen) atoms. The zero-order chi connectivity index (χ0) is 15.7. The average Bonchev–Trinajstić information content (AvgIpc) is 3.08. The van der Waals surface area contributed by atoms with Crippen molar-refractivity contribution in [3.05, 3.63) is 51.1 Å². The number of anilines is 1. The van der Waals surface area contributed by atoms with Crippen LogP contribution in [0.15, 0.2) is 34.7 Å². The molecule has 5 nitrogen and oxygen atoms in total.